The number of nitrogens with zero attached hydrogens (tertiary/aromatic N) is 2. The second-order valence-corrected chi connectivity index (χ2v) is 5.00. The molecule has 2 aromatic rings. The zero-order valence-electron chi connectivity index (χ0n) is 10.3. The van der Waals surface area contributed by atoms with Crippen LogP contribution in [-0.2, 0) is 4.74 Å². The molecule has 17 heavy (non-hydrogen) atoms. The van der Waals surface area contributed by atoms with E-state index in [0.717, 1.165) is 21.6 Å². The maximum atomic E-state index is 6.16. The summed E-state index contributed by atoms with van der Waals surface area (Å²) in [7, 11) is 3.73. The molecule has 0 saturated heterocycles. The Morgan fingerprint density at radius 3 is 3.00 bits per heavy atom. The Labute approximate surface area is 105 Å². The number of anilines is 2. The number of thiazole rings is 1. The zero-order chi connectivity index (χ0) is 12.4. The van der Waals surface area contributed by atoms with Gasteiger partial charge in [0.1, 0.15) is 5.52 Å². The van der Waals surface area contributed by atoms with E-state index in [0.29, 0.717) is 6.61 Å². The van der Waals surface area contributed by atoms with E-state index < -0.39 is 0 Å². The maximum Gasteiger partial charge on any atom is 0.106 e. The van der Waals surface area contributed by atoms with E-state index in [9.17, 15) is 0 Å². The summed E-state index contributed by atoms with van der Waals surface area (Å²) in [5.74, 6) is 0. The van der Waals surface area contributed by atoms with Crippen molar-refractivity contribution in [3.63, 3.8) is 0 Å². The number of hydrogen-bond donors (Lipinski definition) is 1. The molecule has 4 nitrogen and oxygen atoms in total. The Balaban J connectivity index is 2.37. The fraction of sp³-hybridized carbons (Fsp3) is 0.417. The summed E-state index contributed by atoms with van der Waals surface area (Å²) in [5, 5.41) is 0. The smallest absolute Gasteiger partial charge is 0.106 e. The number of nitrogen functional groups attached to an aromatic ring is 1. The second-order valence-electron chi connectivity index (χ2n) is 4.11. The van der Waals surface area contributed by atoms with Crippen LogP contribution in [0.2, 0.25) is 0 Å². The molecule has 0 aliphatic carbocycles. The first-order valence-corrected chi connectivity index (χ1v) is 6.36. The standard InChI is InChI=1S/C12H17N3OS/c1-8(6-16-3)15(2)9-4-5-10-12(11(9)13)14-7-17-10/h4-5,7-8H,6,13H2,1-3H3. The number of fused-ring (bicyclic) bond motifs is 1. The highest BCUT2D eigenvalue weighted by Crippen LogP contribution is 2.32. The van der Waals surface area contributed by atoms with Crippen molar-refractivity contribution in [1.82, 2.24) is 4.98 Å². The fourth-order valence-corrected chi connectivity index (χ4v) is 2.53. The molecule has 0 radical (unpaired) electrons. The van der Waals surface area contributed by atoms with Gasteiger partial charge >= 0.3 is 0 Å². The third-order valence-corrected chi connectivity index (χ3v) is 3.76. The quantitative estimate of drug-likeness (QED) is 0.847. The van der Waals surface area contributed by atoms with Gasteiger partial charge in [-0.15, -0.1) is 11.3 Å². The zero-order valence-corrected chi connectivity index (χ0v) is 11.1. The average molecular weight is 251 g/mol. The summed E-state index contributed by atoms with van der Waals surface area (Å²) in [6.07, 6.45) is 0. The van der Waals surface area contributed by atoms with Gasteiger partial charge in [-0.25, -0.2) is 4.98 Å². The van der Waals surface area contributed by atoms with Crippen LogP contribution in [0.5, 0.6) is 0 Å². The molecular formula is C12H17N3OS. The molecule has 1 unspecified atom stereocenters. The highest BCUT2D eigenvalue weighted by Gasteiger charge is 2.15. The molecule has 5 heteroatoms. The lowest BCUT2D eigenvalue weighted by molar-refractivity contribution is 0.183. The number of ether oxygens (including phenoxy) is 1. The summed E-state index contributed by atoms with van der Waals surface area (Å²) in [6.45, 7) is 2.78. The summed E-state index contributed by atoms with van der Waals surface area (Å²) < 4.78 is 6.29. The first-order valence-electron chi connectivity index (χ1n) is 5.48. The minimum absolute atomic E-state index is 0.276. The van der Waals surface area contributed by atoms with Crippen LogP contribution in [0.25, 0.3) is 10.2 Å². The number of nitrogens with two attached hydrogens (primary N) is 1. The number of rotatable bonds is 4. The minimum atomic E-state index is 0.276. The van der Waals surface area contributed by atoms with Gasteiger partial charge in [0.25, 0.3) is 0 Å². The van der Waals surface area contributed by atoms with Crippen LogP contribution in [0.4, 0.5) is 11.4 Å². The highest BCUT2D eigenvalue weighted by molar-refractivity contribution is 7.16. The Kier molecular flexibility index (Phi) is 3.49. The van der Waals surface area contributed by atoms with Crippen molar-refractivity contribution in [3.8, 4) is 0 Å². The van der Waals surface area contributed by atoms with Gasteiger partial charge in [0.15, 0.2) is 0 Å². The third kappa shape index (κ3) is 2.21. The Hall–Kier alpha value is -1.33. The van der Waals surface area contributed by atoms with E-state index in [1.807, 2.05) is 18.6 Å². The predicted octanol–water partition coefficient (Wildman–Crippen LogP) is 2.35. The SMILES string of the molecule is COCC(C)N(C)c1ccc2scnc2c1N. The predicted molar refractivity (Wildman–Crippen MR) is 73.8 cm³/mol. The molecule has 2 rings (SSSR count). The lowest BCUT2D eigenvalue weighted by Gasteiger charge is -2.27. The third-order valence-electron chi connectivity index (χ3n) is 2.97. The van der Waals surface area contributed by atoms with Gasteiger partial charge in [0.2, 0.25) is 0 Å². The van der Waals surface area contributed by atoms with Gasteiger partial charge in [-0.1, -0.05) is 0 Å². The van der Waals surface area contributed by atoms with Crippen molar-refractivity contribution in [2.24, 2.45) is 0 Å². The van der Waals surface area contributed by atoms with Crippen LogP contribution in [0.3, 0.4) is 0 Å². The first kappa shape index (κ1) is 12.1. The normalized spacial score (nSPS) is 12.9. The molecule has 0 fully saturated rings. The van der Waals surface area contributed by atoms with Crippen LogP contribution >= 0.6 is 11.3 Å². The number of methoxy groups -OCH3 is 1. The molecular weight excluding hydrogens is 234 g/mol. The molecule has 1 aromatic heterocycles. The van der Waals surface area contributed by atoms with Gasteiger partial charge in [-0.05, 0) is 19.1 Å². The molecule has 2 N–H and O–H groups in total. The van der Waals surface area contributed by atoms with E-state index in [1.54, 1.807) is 18.4 Å². The summed E-state index contributed by atoms with van der Waals surface area (Å²) in [6, 6.07) is 4.38. The van der Waals surface area contributed by atoms with Gasteiger partial charge in [0, 0.05) is 20.2 Å². The second kappa shape index (κ2) is 4.89. The molecule has 92 valence electrons. The average Bonchev–Trinajstić information content (AvgIpc) is 2.78. The van der Waals surface area contributed by atoms with Crippen molar-refractivity contribution in [2.45, 2.75) is 13.0 Å². The summed E-state index contributed by atoms with van der Waals surface area (Å²) in [4.78, 5) is 6.42. The van der Waals surface area contributed by atoms with Crippen molar-refractivity contribution >= 4 is 32.9 Å². The molecule has 1 atom stereocenters. The molecule has 0 aliphatic heterocycles. The van der Waals surface area contributed by atoms with Crippen LogP contribution in [0.15, 0.2) is 17.6 Å². The Bertz CT molecular complexity index is 511. The first-order chi connectivity index (χ1) is 8.15. The Morgan fingerprint density at radius 2 is 2.29 bits per heavy atom. The Morgan fingerprint density at radius 1 is 1.53 bits per heavy atom. The van der Waals surface area contributed by atoms with Crippen molar-refractivity contribution < 1.29 is 4.74 Å². The fourth-order valence-electron chi connectivity index (χ4n) is 1.84. The van der Waals surface area contributed by atoms with Crippen LogP contribution in [0.1, 0.15) is 6.92 Å². The van der Waals surface area contributed by atoms with Crippen molar-refractivity contribution in [2.75, 3.05) is 31.4 Å². The minimum Gasteiger partial charge on any atom is -0.395 e. The molecule has 0 aliphatic rings. The lowest BCUT2D eigenvalue weighted by atomic mass is 10.2. The van der Waals surface area contributed by atoms with Gasteiger partial charge < -0.3 is 15.4 Å². The topological polar surface area (TPSA) is 51.4 Å². The van der Waals surface area contributed by atoms with Crippen LogP contribution in [0, 0.1) is 0 Å². The van der Waals surface area contributed by atoms with E-state index in [4.69, 9.17) is 10.5 Å². The molecule has 0 saturated carbocycles. The molecule has 0 amide bonds. The van der Waals surface area contributed by atoms with E-state index in [2.05, 4.69) is 22.9 Å². The molecule has 0 spiro atoms. The van der Waals surface area contributed by atoms with Gasteiger partial charge in [-0.2, -0.15) is 0 Å². The molecule has 1 heterocycles. The van der Waals surface area contributed by atoms with Gasteiger partial charge in [0.05, 0.1) is 28.2 Å². The van der Waals surface area contributed by atoms with Crippen molar-refractivity contribution in [3.05, 3.63) is 17.6 Å². The van der Waals surface area contributed by atoms with Crippen LogP contribution in [-0.4, -0.2) is 31.8 Å². The summed E-state index contributed by atoms with van der Waals surface area (Å²) >= 11 is 1.61. The highest BCUT2D eigenvalue weighted by atomic mass is 32.1. The largest absolute Gasteiger partial charge is 0.395 e. The number of aromatic nitrogens is 1. The van der Waals surface area contributed by atoms with E-state index >= 15 is 0 Å². The molecule has 0 bridgehead atoms. The lowest BCUT2D eigenvalue weighted by Crippen LogP contribution is -2.33. The van der Waals surface area contributed by atoms with E-state index in [-0.39, 0.29) is 6.04 Å². The molecule has 1 aromatic carbocycles. The number of hydrogen-bond acceptors (Lipinski definition) is 5. The number of likely N-dealkylation sites (N-methyl/N-ethyl adjacent to an activating group) is 1. The number of benzene rings is 1. The van der Waals surface area contributed by atoms with Crippen molar-refractivity contribution in [1.29, 1.82) is 0 Å². The van der Waals surface area contributed by atoms with Crippen LogP contribution < -0.4 is 10.6 Å². The monoisotopic (exact) mass is 251 g/mol. The van der Waals surface area contributed by atoms with Gasteiger partial charge in [-0.3, -0.25) is 0 Å². The maximum absolute atomic E-state index is 6.16. The summed E-state index contributed by atoms with van der Waals surface area (Å²) in [5.41, 5.74) is 10.6. The van der Waals surface area contributed by atoms with E-state index in [1.165, 1.54) is 0 Å².